The number of ether oxygens (including phenoxy) is 1. The molecule has 0 N–H and O–H groups in total. The number of rotatable bonds is 5. The van der Waals surface area contributed by atoms with Gasteiger partial charge in [-0.15, -0.1) is 0 Å². The molecule has 3 unspecified atom stereocenters. The summed E-state index contributed by atoms with van der Waals surface area (Å²) in [6.45, 7) is 1.98. The van der Waals surface area contributed by atoms with Gasteiger partial charge in [-0.3, -0.25) is 14.4 Å². The predicted octanol–water partition coefficient (Wildman–Crippen LogP) is 3.87. The highest BCUT2D eigenvalue weighted by molar-refractivity contribution is 6.22. The molecule has 1 heterocycles. The number of benzene rings is 2. The van der Waals surface area contributed by atoms with Crippen LogP contribution in [-0.4, -0.2) is 24.2 Å². The Morgan fingerprint density at radius 2 is 1.64 bits per heavy atom. The first-order valence-corrected chi connectivity index (χ1v) is 9.74. The van der Waals surface area contributed by atoms with Crippen molar-refractivity contribution >= 4 is 23.3 Å². The first-order valence-electron chi connectivity index (χ1n) is 9.74. The van der Waals surface area contributed by atoms with Gasteiger partial charge in [-0.25, -0.2) is 4.90 Å². The van der Waals surface area contributed by atoms with E-state index in [9.17, 15) is 14.4 Å². The van der Waals surface area contributed by atoms with Crippen molar-refractivity contribution in [1.29, 1.82) is 0 Å². The maximum absolute atomic E-state index is 13.0. The summed E-state index contributed by atoms with van der Waals surface area (Å²) in [6, 6.07) is 15.8. The summed E-state index contributed by atoms with van der Waals surface area (Å²) in [5, 5.41) is 0. The molecule has 2 aliphatic rings. The number of amides is 2. The standard InChI is InChI=1S/C23H23NO4/c1-15-11-12-17-18(13-15)23(27)24(22(17)26)19-9-5-6-10-21(19)28-14-20(25)16-7-3-2-4-8-16/h2-10,15,17-18H,11-14H2,1H3. The number of para-hydroxylation sites is 2. The number of ketones is 1. The Morgan fingerprint density at radius 3 is 2.43 bits per heavy atom. The summed E-state index contributed by atoms with van der Waals surface area (Å²) in [7, 11) is 0. The smallest absolute Gasteiger partial charge is 0.237 e. The quantitative estimate of drug-likeness (QED) is 0.586. The molecular weight excluding hydrogens is 354 g/mol. The van der Waals surface area contributed by atoms with E-state index in [0.717, 1.165) is 19.3 Å². The fraction of sp³-hybridized carbons (Fsp3) is 0.348. The third-order valence-corrected chi connectivity index (χ3v) is 5.75. The van der Waals surface area contributed by atoms with Crippen molar-refractivity contribution in [3.8, 4) is 5.75 Å². The van der Waals surface area contributed by atoms with Gasteiger partial charge in [0, 0.05) is 5.56 Å². The van der Waals surface area contributed by atoms with E-state index in [1.54, 1.807) is 48.5 Å². The van der Waals surface area contributed by atoms with Gasteiger partial charge in [-0.1, -0.05) is 49.4 Å². The first-order chi connectivity index (χ1) is 13.6. The summed E-state index contributed by atoms with van der Waals surface area (Å²) in [6.07, 6.45) is 2.47. The molecule has 2 amide bonds. The van der Waals surface area contributed by atoms with Crippen LogP contribution in [0.5, 0.6) is 5.75 Å². The van der Waals surface area contributed by atoms with Gasteiger partial charge < -0.3 is 4.74 Å². The Balaban J connectivity index is 1.55. The molecule has 1 aliphatic carbocycles. The first kappa shape index (κ1) is 18.4. The molecule has 0 radical (unpaired) electrons. The Bertz CT molecular complexity index is 908. The molecular formula is C23H23NO4. The van der Waals surface area contributed by atoms with Crippen molar-refractivity contribution < 1.29 is 19.1 Å². The van der Waals surface area contributed by atoms with Crippen molar-refractivity contribution in [2.24, 2.45) is 17.8 Å². The molecule has 0 spiro atoms. The second-order valence-corrected chi connectivity index (χ2v) is 7.69. The number of fused-ring (bicyclic) bond motifs is 1. The van der Waals surface area contributed by atoms with Crippen LogP contribution in [0, 0.1) is 17.8 Å². The van der Waals surface area contributed by atoms with Crippen LogP contribution >= 0.6 is 0 Å². The molecule has 5 heteroatoms. The number of hydrogen-bond donors (Lipinski definition) is 0. The fourth-order valence-corrected chi connectivity index (χ4v) is 4.24. The van der Waals surface area contributed by atoms with E-state index in [4.69, 9.17) is 4.74 Å². The molecule has 1 saturated heterocycles. The summed E-state index contributed by atoms with van der Waals surface area (Å²) in [4.78, 5) is 39.6. The second-order valence-electron chi connectivity index (χ2n) is 7.69. The lowest BCUT2D eigenvalue weighted by Crippen LogP contribution is -2.31. The molecule has 0 bridgehead atoms. The van der Waals surface area contributed by atoms with Gasteiger partial charge in [0.05, 0.1) is 17.5 Å². The minimum Gasteiger partial charge on any atom is -0.483 e. The van der Waals surface area contributed by atoms with E-state index in [0.29, 0.717) is 22.9 Å². The van der Waals surface area contributed by atoms with Crippen LogP contribution < -0.4 is 9.64 Å². The highest BCUT2D eigenvalue weighted by Gasteiger charge is 2.50. The van der Waals surface area contributed by atoms with Crippen molar-refractivity contribution in [2.75, 3.05) is 11.5 Å². The predicted molar refractivity (Wildman–Crippen MR) is 105 cm³/mol. The number of imide groups is 1. The zero-order valence-electron chi connectivity index (χ0n) is 15.8. The fourth-order valence-electron chi connectivity index (χ4n) is 4.24. The zero-order chi connectivity index (χ0) is 19.7. The topological polar surface area (TPSA) is 63.7 Å². The van der Waals surface area contributed by atoms with E-state index in [2.05, 4.69) is 6.92 Å². The molecule has 144 valence electrons. The summed E-state index contributed by atoms with van der Waals surface area (Å²) >= 11 is 0. The van der Waals surface area contributed by atoms with Crippen molar-refractivity contribution in [3.05, 3.63) is 60.2 Å². The van der Waals surface area contributed by atoms with E-state index in [1.807, 2.05) is 6.07 Å². The lowest BCUT2D eigenvalue weighted by atomic mass is 9.76. The molecule has 2 aromatic carbocycles. The third-order valence-electron chi connectivity index (χ3n) is 5.75. The average molecular weight is 377 g/mol. The van der Waals surface area contributed by atoms with Gasteiger partial charge in [-0.05, 0) is 37.3 Å². The SMILES string of the molecule is CC1CCC2C(=O)N(c3ccccc3OCC(=O)c3ccccc3)C(=O)C2C1. The Morgan fingerprint density at radius 1 is 0.964 bits per heavy atom. The Labute approximate surface area is 164 Å². The number of carbonyl (C=O) groups is 3. The van der Waals surface area contributed by atoms with Gasteiger partial charge in [0.25, 0.3) is 0 Å². The van der Waals surface area contributed by atoms with Gasteiger partial charge in [0.1, 0.15) is 5.75 Å². The summed E-state index contributed by atoms with van der Waals surface area (Å²) < 4.78 is 5.74. The number of carbonyl (C=O) groups excluding carboxylic acids is 3. The number of nitrogens with zero attached hydrogens (tertiary/aromatic N) is 1. The minimum atomic E-state index is -0.241. The van der Waals surface area contributed by atoms with E-state index in [-0.39, 0.29) is 36.0 Å². The third kappa shape index (κ3) is 3.33. The highest BCUT2D eigenvalue weighted by atomic mass is 16.5. The van der Waals surface area contributed by atoms with Crippen molar-refractivity contribution in [3.63, 3.8) is 0 Å². The minimum absolute atomic E-state index is 0.146. The van der Waals surface area contributed by atoms with Crippen LogP contribution in [-0.2, 0) is 9.59 Å². The molecule has 3 atom stereocenters. The zero-order valence-corrected chi connectivity index (χ0v) is 15.8. The van der Waals surface area contributed by atoms with Gasteiger partial charge >= 0.3 is 0 Å². The number of Topliss-reactive ketones (excluding diaryl/α,β-unsaturated/α-hetero) is 1. The Kier molecular flexibility index (Phi) is 4.99. The van der Waals surface area contributed by atoms with Gasteiger partial charge in [0.2, 0.25) is 11.8 Å². The van der Waals surface area contributed by atoms with Gasteiger partial charge in [-0.2, -0.15) is 0 Å². The summed E-state index contributed by atoms with van der Waals surface area (Å²) in [5.74, 6) is -0.0950. The second kappa shape index (κ2) is 7.58. The highest BCUT2D eigenvalue weighted by Crippen LogP contribution is 2.44. The van der Waals surface area contributed by atoms with Crippen molar-refractivity contribution in [2.45, 2.75) is 26.2 Å². The lowest BCUT2D eigenvalue weighted by Gasteiger charge is -2.25. The summed E-state index contributed by atoms with van der Waals surface area (Å²) in [5.41, 5.74) is 0.994. The monoisotopic (exact) mass is 377 g/mol. The maximum atomic E-state index is 13.0. The molecule has 4 rings (SSSR count). The maximum Gasteiger partial charge on any atom is 0.237 e. The molecule has 2 fully saturated rings. The van der Waals surface area contributed by atoms with E-state index in [1.165, 1.54) is 4.90 Å². The number of hydrogen-bond acceptors (Lipinski definition) is 4. The van der Waals surface area contributed by atoms with Crippen LogP contribution in [0.25, 0.3) is 0 Å². The van der Waals surface area contributed by atoms with Crippen LogP contribution in [0.4, 0.5) is 5.69 Å². The van der Waals surface area contributed by atoms with Crippen LogP contribution in [0.1, 0.15) is 36.5 Å². The molecule has 0 aromatic heterocycles. The van der Waals surface area contributed by atoms with Crippen LogP contribution in [0.15, 0.2) is 54.6 Å². The van der Waals surface area contributed by atoms with E-state index >= 15 is 0 Å². The largest absolute Gasteiger partial charge is 0.483 e. The Hall–Kier alpha value is -2.95. The van der Waals surface area contributed by atoms with E-state index < -0.39 is 0 Å². The normalized spacial score (nSPS) is 24.2. The molecule has 5 nitrogen and oxygen atoms in total. The average Bonchev–Trinajstić information content (AvgIpc) is 2.96. The van der Waals surface area contributed by atoms with Crippen LogP contribution in [0.3, 0.4) is 0 Å². The molecule has 2 aromatic rings. The number of anilines is 1. The van der Waals surface area contributed by atoms with Crippen LogP contribution in [0.2, 0.25) is 0 Å². The van der Waals surface area contributed by atoms with Gasteiger partial charge in [0.15, 0.2) is 12.4 Å². The molecule has 28 heavy (non-hydrogen) atoms. The molecule has 1 saturated carbocycles. The molecule has 1 aliphatic heterocycles. The lowest BCUT2D eigenvalue weighted by molar-refractivity contribution is -0.122. The van der Waals surface area contributed by atoms with Crippen molar-refractivity contribution in [1.82, 2.24) is 0 Å².